The first-order valence-corrected chi connectivity index (χ1v) is 5.75. The molecule has 13 heavy (non-hydrogen) atoms. The lowest BCUT2D eigenvalue weighted by molar-refractivity contribution is -0.120. The maximum absolute atomic E-state index is 10.7. The molecule has 0 heterocycles. The van der Waals surface area contributed by atoms with Crippen LogP contribution >= 0.6 is 0 Å². The fourth-order valence-corrected chi connectivity index (χ4v) is 1.46. The largest absolute Gasteiger partial charge is 0.350 e. The van der Waals surface area contributed by atoms with Gasteiger partial charge in [-0.05, 0) is 13.8 Å². The van der Waals surface area contributed by atoms with Crippen LogP contribution in [-0.4, -0.2) is 32.7 Å². The molecule has 0 fully saturated rings. The predicted molar refractivity (Wildman–Crippen MR) is 50.7 cm³/mol. The second kappa shape index (κ2) is 4.06. The molecule has 6 heteroatoms. The molecule has 0 aliphatic carbocycles. The SMILES string of the molecule is CC(=O)NC(C)(C)CNS(C)(=O)=O. The molecule has 78 valence electrons. The fraction of sp³-hybridized carbons (Fsp3) is 0.857. The number of hydrogen-bond donors (Lipinski definition) is 2. The molecule has 0 unspecified atom stereocenters. The van der Waals surface area contributed by atoms with Crippen LogP contribution in [0.2, 0.25) is 0 Å². The van der Waals surface area contributed by atoms with Gasteiger partial charge >= 0.3 is 0 Å². The summed E-state index contributed by atoms with van der Waals surface area (Å²) in [4.78, 5) is 10.7. The molecule has 0 aromatic rings. The van der Waals surface area contributed by atoms with E-state index in [9.17, 15) is 13.2 Å². The van der Waals surface area contributed by atoms with Gasteiger partial charge < -0.3 is 5.32 Å². The molecule has 0 radical (unpaired) electrons. The summed E-state index contributed by atoms with van der Waals surface area (Å²) in [7, 11) is -3.19. The van der Waals surface area contributed by atoms with Gasteiger partial charge in [0.2, 0.25) is 15.9 Å². The number of amides is 1. The normalized spacial score (nSPS) is 12.6. The smallest absolute Gasteiger partial charge is 0.217 e. The highest BCUT2D eigenvalue weighted by Crippen LogP contribution is 1.99. The van der Waals surface area contributed by atoms with E-state index in [1.807, 2.05) is 0 Å². The summed E-state index contributed by atoms with van der Waals surface area (Å²) in [6.45, 7) is 5.06. The third kappa shape index (κ3) is 7.73. The van der Waals surface area contributed by atoms with Gasteiger partial charge in [0.05, 0.1) is 6.26 Å². The van der Waals surface area contributed by atoms with Crippen molar-refractivity contribution in [1.29, 1.82) is 0 Å². The van der Waals surface area contributed by atoms with Crippen LogP contribution in [0.3, 0.4) is 0 Å². The van der Waals surface area contributed by atoms with Crippen LogP contribution in [0.1, 0.15) is 20.8 Å². The molecular weight excluding hydrogens is 192 g/mol. The topological polar surface area (TPSA) is 75.3 Å². The second-order valence-corrected chi connectivity index (χ2v) is 5.49. The molecule has 0 rings (SSSR count). The number of hydrogen-bond acceptors (Lipinski definition) is 3. The summed E-state index contributed by atoms with van der Waals surface area (Å²) in [5, 5.41) is 2.63. The van der Waals surface area contributed by atoms with Gasteiger partial charge in [-0.15, -0.1) is 0 Å². The fourth-order valence-electron chi connectivity index (χ4n) is 0.832. The first kappa shape index (κ1) is 12.4. The summed E-state index contributed by atoms with van der Waals surface area (Å²) < 4.78 is 23.8. The van der Waals surface area contributed by atoms with E-state index in [0.717, 1.165) is 6.26 Å². The molecule has 0 bridgehead atoms. The minimum atomic E-state index is -3.19. The minimum Gasteiger partial charge on any atom is -0.350 e. The van der Waals surface area contributed by atoms with Crippen molar-refractivity contribution in [3.05, 3.63) is 0 Å². The molecule has 0 saturated heterocycles. The maximum Gasteiger partial charge on any atom is 0.217 e. The van der Waals surface area contributed by atoms with Crippen LogP contribution < -0.4 is 10.0 Å². The molecule has 5 nitrogen and oxygen atoms in total. The van der Waals surface area contributed by atoms with Gasteiger partial charge in [0.15, 0.2) is 0 Å². The predicted octanol–water partition coefficient (Wildman–Crippen LogP) is -0.550. The number of carbonyl (C=O) groups is 1. The zero-order chi connectivity index (χ0) is 10.7. The Kier molecular flexibility index (Phi) is 3.87. The number of rotatable bonds is 4. The third-order valence-corrected chi connectivity index (χ3v) is 1.96. The van der Waals surface area contributed by atoms with E-state index in [2.05, 4.69) is 10.0 Å². The Labute approximate surface area is 79.0 Å². The molecule has 0 aromatic carbocycles. The standard InChI is InChI=1S/C7H16N2O3S/c1-6(10)9-7(2,3)5-8-13(4,11)12/h8H,5H2,1-4H3,(H,9,10). The van der Waals surface area contributed by atoms with E-state index < -0.39 is 15.6 Å². The van der Waals surface area contributed by atoms with E-state index in [4.69, 9.17) is 0 Å². The van der Waals surface area contributed by atoms with E-state index in [-0.39, 0.29) is 12.5 Å². The van der Waals surface area contributed by atoms with Crippen molar-refractivity contribution in [2.24, 2.45) is 0 Å². The number of sulfonamides is 1. The highest BCUT2D eigenvalue weighted by Gasteiger charge is 2.19. The molecule has 0 aliphatic rings. The lowest BCUT2D eigenvalue weighted by atomic mass is 10.1. The van der Waals surface area contributed by atoms with Crippen LogP contribution in [0.25, 0.3) is 0 Å². The summed E-state index contributed by atoms with van der Waals surface area (Å²) in [6.07, 6.45) is 1.08. The lowest BCUT2D eigenvalue weighted by Crippen LogP contribution is -2.50. The summed E-state index contributed by atoms with van der Waals surface area (Å²) >= 11 is 0. The van der Waals surface area contributed by atoms with Gasteiger partial charge in [-0.25, -0.2) is 13.1 Å². The first-order valence-electron chi connectivity index (χ1n) is 3.86. The average molecular weight is 208 g/mol. The third-order valence-electron chi connectivity index (χ3n) is 1.29. The first-order chi connectivity index (χ1) is 5.62. The van der Waals surface area contributed by atoms with Crippen LogP contribution in [0.15, 0.2) is 0 Å². The van der Waals surface area contributed by atoms with Crippen LogP contribution in [0, 0.1) is 0 Å². The Morgan fingerprint density at radius 1 is 1.38 bits per heavy atom. The number of nitrogens with one attached hydrogen (secondary N) is 2. The van der Waals surface area contributed by atoms with Crippen LogP contribution in [0.5, 0.6) is 0 Å². The van der Waals surface area contributed by atoms with Gasteiger partial charge in [0.1, 0.15) is 0 Å². The summed E-state index contributed by atoms with van der Waals surface area (Å²) in [5.41, 5.74) is -0.561. The molecule has 0 saturated carbocycles. The van der Waals surface area contributed by atoms with Crippen LogP contribution in [-0.2, 0) is 14.8 Å². The van der Waals surface area contributed by atoms with Crippen molar-refractivity contribution in [3.63, 3.8) is 0 Å². The average Bonchev–Trinajstić information content (AvgIpc) is 1.79. The molecule has 0 spiro atoms. The minimum absolute atomic E-state index is 0.180. The van der Waals surface area contributed by atoms with E-state index in [0.29, 0.717) is 0 Å². The maximum atomic E-state index is 10.7. The van der Waals surface area contributed by atoms with Gasteiger partial charge in [-0.3, -0.25) is 4.79 Å². The Bertz CT molecular complexity index is 282. The van der Waals surface area contributed by atoms with E-state index in [1.54, 1.807) is 13.8 Å². The van der Waals surface area contributed by atoms with Crippen LogP contribution in [0.4, 0.5) is 0 Å². The van der Waals surface area contributed by atoms with Crippen molar-refractivity contribution in [3.8, 4) is 0 Å². The molecule has 1 amide bonds. The van der Waals surface area contributed by atoms with Crippen molar-refractivity contribution in [1.82, 2.24) is 10.0 Å². The van der Waals surface area contributed by atoms with Gasteiger partial charge in [-0.2, -0.15) is 0 Å². The Balaban J connectivity index is 4.11. The Morgan fingerprint density at radius 3 is 2.15 bits per heavy atom. The Morgan fingerprint density at radius 2 is 1.85 bits per heavy atom. The van der Waals surface area contributed by atoms with Gasteiger partial charge in [0, 0.05) is 19.0 Å². The zero-order valence-corrected chi connectivity index (χ0v) is 9.16. The number of carbonyl (C=O) groups excluding carboxylic acids is 1. The monoisotopic (exact) mass is 208 g/mol. The second-order valence-electron chi connectivity index (χ2n) is 3.66. The van der Waals surface area contributed by atoms with Crippen molar-refractivity contribution < 1.29 is 13.2 Å². The highest BCUT2D eigenvalue weighted by atomic mass is 32.2. The van der Waals surface area contributed by atoms with Crippen molar-refractivity contribution >= 4 is 15.9 Å². The molecular formula is C7H16N2O3S. The van der Waals surface area contributed by atoms with Gasteiger partial charge in [-0.1, -0.05) is 0 Å². The highest BCUT2D eigenvalue weighted by molar-refractivity contribution is 7.88. The van der Waals surface area contributed by atoms with Crippen molar-refractivity contribution in [2.45, 2.75) is 26.3 Å². The Hall–Kier alpha value is -0.620. The quantitative estimate of drug-likeness (QED) is 0.651. The van der Waals surface area contributed by atoms with Gasteiger partial charge in [0.25, 0.3) is 0 Å². The summed E-state index contributed by atoms with van der Waals surface area (Å²) in [5.74, 6) is -0.180. The van der Waals surface area contributed by atoms with E-state index in [1.165, 1.54) is 6.92 Å². The molecule has 0 atom stereocenters. The lowest BCUT2D eigenvalue weighted by Gasteiger charge is -2.25. The molecule has 0 aliphatic heterocycles. The molecule has 2 N–H and O–H groups in total. The van der Waals surface area contributed by atoms with Crippen molar-refractivity contribution in [2.75, 3.05) is 12.8 Å². The van der Waals surface area contributed by atoms with E-state index >= 15 is 0 Å². The zero-order valence-electron chi connectivity index (χ0n) is 8.34. The molecule has 0 aromatic heterocycles. The summed E-state index contributed by atoms with van der Waals surface area (Å²) in [6, 6.07) is 0.